The van der Waals surface area contributed by atoms with Crippen molar-refractivity contribution in [3.63, 3.8) is 0 Å². The van der Waals surface area contributed by atoms with E-state index >= 15 is 0 Å². The summed E-state index contributed by atoms with van der Waals surface area (Å²) in [6.45, 7) is 1.82. The summed E-state index contributed by atoms with van der Waals surface area (Å²) in [6, 6.07) is 0. The number of alkyl halides is 3. The summed E-state index contributed by atoms with van der Waals surface area (Å²) in [5.41, 5.74) is -1.31. The van der Waals surface area contributed by atoms with Gasteiger partial charge in [0.05, 0.1) is 24.6 Å². The van der Waals surface area contributed by atoms with Crippen LogP contribution in [0.4, 0.5) is 8.78 Å². The highest BCUT2D eigenvalue weighted by Gasteiger charge is 2.19. The number of carbonyl (C=O) groups excluding carboxylic acids is 1. The Morgan fingerprint density at radius 3 is 2.72 bits per heavy atom. The maximum Gasteiger partial charge on any atom is 0.310 e. The average molecular weight is 280 g/mol. The number of rotatable bonds is 5. The molecule has 0 aromatic carbocycles. The fourth-order valence-electron chi connectivity index (χ4n) is 1.46. The predicted octanol–water partition coefficient (Wildman–Crippen LogP) is 2.16. The molecule has 0 radical (unpaired) electrons. The van der Waals surface area contributed by atoms with Crippen molar-refractivity contribution in [2.24, 2.45) is 0 Å². The van der Waals surface area contributed by atoms with E-state index in [2.05, 4.69) is 9.72 Å². The third-order valence-corrected chi connectivity index (χ3v) is 2.55. The molecule has 1 aromatic rings. The Bertz CT molecular complexity index is 488. The first-order chi connectivity index (χ1) is 8.51. The van der Waals surface area contributed by atoms with Gasteiger partial charge < -0.3 is 9.72 Å². The van der Waals surface area contributed by atoms with E-state index in [1.807, 2.05) is 0 Å². The van der Waals surface area contributed by atoms with Gasteiger partial charge in [-0.3, -0.25) is 9.59 Å². The molecule has 0 aliphatic heterocycles. The number of esters is 1. The fourth-order valence-corrected chi connectivity index (χ4v) is 1.73. The highest BCUT2D eigenvalue weighted by molar-refractivity contribution is 6.17. The summed E-state index contributed by atoms with van der Waals surface area (Å²) in [5.74, 6) is -0.931. The molecule has 100 valence electrons. The van der Waals surface area contributed by atoms with Crippen LogP contribution in [0.3, 0.4) is 0 Å². The number of pyridine rings is 1. The van der Waals surface area contributed by atoms with Crippen LogP contribution in [0.5, 0.6) is 0 Å². The van der Waals surface area contributed by atoms with Crippen LogP contribution in [0.1, 0.15) is 30.2 Å². The standard InChI is InChI=1S/C11H12ClF2NO3/c1-2-18-8(16)3-6-5-15-9(11(13)14)7(4-12)10(6)17/h5,11H,2-4H2,1H3,(H,15,17). The fraction of sp³-hybridized carbons (Fsp3) is 0.455. The zero-order valence-electron chi connectivity index (χ0n) is 9.63. The van der Waals surface area contributed by atoms with E-state index in [1.54, 1.807) is 6.92 Å². The summed E-state index contributed by atoms with van der Waals surface area (Å²) in [4.78, 5) is 25.3. The van der Waals surface area contributed by atoms with Crippen molar-refractivity contribution in [1.82, 2.24) is 4.98 Å². The second kappa shape index (κ2) is 6.49. The van der Waals surface area contributed by atoms with Crippen LogP contribution in [0, 0.1) is 0 Å². The van der Waals surface area contributed by atoms with Gasteiger partial charge in [-0.1, -0.05) is 0 Å². The van der Waals surface area contributed by atoms with Gasteiger partial charge in [0, 0.05) is 17.3 Å². The van der Waals surface area contributed by atoms with E-state index < -0.39 is 23.5 Å². The maximum absolute atomic E-state index is 12.6. The summed E-state index contributed by atoms with van der Waals surface area (Å²) in [5, 5.41) is 0. The Morgan fingerprint density at radius 2 is 2.22 bits per heavy atom. The van der Waals surface area contributed by atoms with Crippen molar-refractivity contribution in [2.45, 2.75) is 25.7 Å². The van der Waals surface area contributed by atoms with Crippen LogP contribution in [0.15, 0.2) is 11.0 Å². The van der Waals surface area contributed by atoms with Crippen molar-refractivity contribution in [3.05, 3.63) is 33.2 Å². The Kier molecular flexibility index (Phi) is 5.27. The predicted molar refractivity (Wildman–Crippen MR) is 61.9 cm³/mol. The summed E-state index contributed by atoms with van der Waals surface area (Å²) < 4.78 is 29.9. The number of ether oxygens (including phenoxy) is 1. The number of aromatic nitrogens is 1. The smallest absolute Gasteiger partial charge is 0.310 e. The number of aromatic amines is 1. The Labute approximate surface area is 107 Å². The van der Waals surface area contributed by atoms with Crippen molar-refractivity contribution >= 4 is 17.6 Å². The largest absolute Gasteiger partial charge is 0.466 e. The van der Waals surface area contributed by atoms with Gasteiger partial charge in [0.1, 0.15) is 0 Å². The molecule has 0 amide bonds. The van der Waals surface area contributed by atoms with E-state index in [0.717, 1.165) is 6.20 Å². The van der Waals surface area contributed by atoms with Gasteiger partial charge in [-0.15, -0.1) is 11.6 Å². The van der Waals surface area contributed by atoms with Crippen molar-refractivity contribution in [2.75, 3.05) is 6.61 Å². The van der Waals surface area contributed by atoms with E-state index in [9.17, 15) is 18.4 Å². The molecule has 0 aliphatic rings. The minimum atomic E-state index is -2.82. The molecule has 0 saturated heterocycles. The molecular formula is C11H12ClF2NO3. The third-order valence-electron chi connectivity index (χ3n) is 2.28. The van der Waals surface area contributed by atoms with Crippen molar-refractivity contribution < 1.29 is 18.3 Å². The minimum Gasteiger partial charge on any atom is -0.466 e. The molecule has 0 bridgehead atoms. The number of halogens is 3. The second-order valence-corrected chi connectivity index (χ2v) is 3.72. The monoisotopic (exact) mass is 279 g/mol. The number of H-pyrrole nitrogens is 1. The SMILES string of the molecule is CCOC(=O)Cc1c[nH]c(C(F)F)c(CCl)c1=O. The Hall–Kier alpha value is -1.43. The summed E-state index contributed by atoms with van der Waals surface area (Å²) in [7, 11) is 0. The first-order valence-electron chi connectivity index (χ1n) is 5.24. The lowest BCUT2D eigenvalue weighted by Gasteiger charge is -2.08. The van der Waals surface area contributed by atoms with Crippen molar-refractivity contribution in [3.8, 4) is 0 Å². The maximum atomic E-state index is 12.6. The van der Waals surface area contributed by atoms with Crippen LogP contribution in [0.2, 0.25) is 0 Å². The third kappa shape index (κ3) is 3.29. The highest BCUT2D eigenvalue weighted by Crippen LogP contribution is 2.20. The lowest BCUT2D eigenvalue weighted by Crippen LogP contribution is -2.21. The quantitative estimate of drug-likeness (QED) is 0.664. The molecule has 0 saturated carbocycles. The molecule has 18 heavy (non-hydrogen) atoms. The van der Waals surface area contributed by atoms with Gasteiger partial charge in [-0.25, -0.2) is 8.78 Å². The molecule has 0 fully saturated rings. The molecule has 7 heteroatoms. The molecule has 1 aromatic heterocycles. The summed E-state index contributed by atoms with van der Waals surface area (Å²) >= 11 is 5.48. The molecule has 4 nitrogen and oxygen atoms in total. The van der Waals surface area contributed by atoms with Crippen LogP contribution in [-0.2, 0) is 21.8 Å². The van der Waals surface area contributed by atoms with Crippen LogP contribution in [0.25, 0.3) is 0 Å². The molecule has 1 heterocycles. The minimum absolute atomic E-state index is 0.0634. The zero-order valence-corrected chi connectivity index (χ0v) is 10.4. The average Bonchev–Trinajstić information content (AvgIpc) is 2.31. The number of nitrogens with one attached hydrogen (secondary N) is 1. The topological polar surface area (TPSA) is 59.2 Å². The van der Waals surface area contributed by atoms with E-state index in [-0.39, 0.29) is 30.0 Å². The lowest BCUT2D eigenvalue weighted by molar-refractivity contribution is -0.142. The summed E-state index contributed by atoms with van der Waals surface area (Å²) in [6.07, 6.45) is -1.99. The molecule has 0 aliphatic carbocycles. The van der Waals surface area contributed by atoms with E-state index in [0.29, 0.717) is 0 Å². The van der Waals surface area contributed by atoms with Crippen LogP contribution in [-0.4, -0.2) is 17.6 Å². The second-order valence-electron chi connectivity index (χ2n) is 3.45. The molecule has 0 unspecified atom stereocenters. The van der Waals surface area contributed by atoms with Gasteiger partial charge in [0.15, 0.2) is 5.43 Å². The van der Waals surface area contributed by atoms with Gasteiger partial charge >= 0.3 is 5.97 Å². The highest BCUT2D eigenvalue weighted by atomic mass is 35.5. The van der Waals surface area contributed by atoms with E-state index in [4.69, 9.17) is 11.6 Å². The van der Waals surface area contributed by atoms with Crippen molar-refractivity contribution in [1.29, 1.82) is 0 Å². The van der Waals surface area contributed by atoms with Gasteiger partial charge in [-0.05, 0) is 6.92 Å². The number of hydrogen-bond donors (Lipinski definition) is 1. The first-order valence-corrected chi connectivity index (χ1v) is 5.77. The molecule has 1 rings (SSSR count). The van der Waals surface area contributed by atoms with E-state index in [1.165, 1.54) is 0 Å². The molecule has 0 spiro atoms. The van der Waals surface area contributed by atoms with Gasteiger partial charge in [-0.2, -0.15) is 0 Å². The lowest BCUT2D eigenvalue weighted by atomic mass is 10.1. The molecule has 1 N–H and O–H groups in total. The molecule has 0 atom stereocenters. The van der Waals surface area contributed by atoms with Crippen LogP contribution >= 0.6 is 11.6 Å². The van der Waals surface area contributed by atoms with Gasteiger partial charge in [0.25, 0.3) is 6.43 Å². The number of hydrogen-bond acceptors (Lipinski definition) is 3. The molecular weight excluding hydrogens is 268 g/mol. The normalized spacial score (nSPS) is 10.7. The zero-order chi connectivity index (χ0) is 13.7. The van der Waals surface area contributed by atoms with Crippen LogP contribution < -0.4 is 5.43 Å². The first kappa shape index (κ1) is 14.6. The Morgan fingerprint density at radius 1 is 1.56 bits per heavy atom. The Balaban J connectivity index is 3.10. The number of carbonyl (C=O) groups is 1. The van der Waals surface area contributed by atoms with Gasteiger partial charge in [0.2, 0.25) is 0 Å².